The van der Waals surface area contributed by atoms with Gasteiger partial charge in [0.1, 0.15) is 5.75 Å². The molecule has 1 aliphatic heterocycles. The van der Waals surface area contributed by atoms with Crippen LogP contribution in [0.25, 0.3) is 11.3 Å². The molecule has 1 atom stereocenters. The van der Waals surface area contributed by atoms with Crippen LogP contribution in [0.5, 0.6) is 17.4 Å². The smallest absolute Gasteiger partial charge is 0.265 e. The lowest BCUT2D eigenvalue weighted by molar-refractivity contribution is -0.398. The Morgan fingerprint density at radius 1 is 1.11 bits per heavy atom. The van der Waals surface area contributed by atoms with E-state index >= 15 is 0 Å². The van der Waals surface area contributed by atoms with Crippen LogP contribution in [0, 0.1) is 10.1 Å². The highest BCUT2D eigenvalue weighted by atomic mass is 32.2. The maximum absolute atomic E-state index is 12.5. The monoisotopic (exact) mass is 502 g/mol. The quantitative estimate of drug-likeness (QED) is 0.215. The summed E-state index contributed by atoms with van der Waals surface area (Å²) in [6.07, 6.45) is -0.908. The van der Waals surface area contributed by atoms with Crippen LogP contribution in [0.2, 0.25) is 0 Å². The van der Waals surface area contributed by atoms with Gasteiger partial charge in [-0.3, -0.25) is 10.1 Å². The standard InChI is InChI=1S/C25H21N5O5S/c1-2-34-20-13-16(12-19(22(20)31)30(32)33)23-26-18-11-7-6-10-17(18)21-24(35-23)27-25(29-28-21)36-14-15-8-4-3-5-9-15/h3-13,23,26,31H,2,14H2,1H3/p-1/t23-/m0/s1. The fourth-order valence-electron chi connectivity index (χ4n) is 3.74. The summed E-state index contributed by atoms with van der Waals surface area (Å²) in [5, 5.41) is 36.4. The van der Waals surface area contributed by atoms with E-state index in [0.717, 1.165) is 11.1 Å². The van der Waals surface area contributed by atoms with Crippen molar-refractivity contribution in [3.63, 3.8) is 0 Å². The summed E-state index contributed by atoms with van der Waals surface area (Å²) in [6.45, 7) is 1.88. The van der Waals surface area contributed by atoms with E-state index in [2.05, 4.69) is 20.5 Å². The minimum atomic E-state index is -0.908. The lowest BCUT2D eigenvalue weighted by Gasteiger charge is -2.22. The van der Waals surface area contributed by atoms with Crippen molar-refractivity contribution in [2.24, 2.45) is 0 Å². The summed E-state index contributed by atoms with van der Waals surface area (Å²) in [7, 11) is 0. The molecule has 4 aromatic rings. The molecule has 1 aliphatic rings. The molecule has 182 valence electrons. The molecule has 2 heterocycles. The minimum absolute atomic E-state index is 0.121. The molecule has 1 N–H and O–H groups in total. The first-order chi connectivity index (χ1) is 17.5. The fourth-order valence-corrected chi connectivity index (χ4v) is 4.47. The van der Waals surface area contributed by atoms with E-state index in [-0.39, 0.29) is 18.2 Å². The zero-order valence-electron chi connectivity index (χ0n) is 19.1. The van der Waals surface area contributed by atoms with E-state index in [1.807, 2.05) is 54.6 Å². The van der Waals surface area contributed by atoms with Crippen molar-refractivity contribution in [2.75, 3.05) is 11.9 Å². The Morgan fingerprint density at radius 2 is 1.89 bits per heavy atom. The average molecular weight is 503 g/mol. The number of benzene rings is 3. The first-order valence-electron chi connectivity index (χ1n) is 11.1. The topological polar surface area (TPSA) is 135 Å². The molecule has 0 fully saturated rings. The highest BCUT2D eigenvalue weighted by molar-refractivity contribution is 7.98. The molecule has 1 aromatic heterocycles. The normalized spacial score (nSPS) is 14.0. The number of ether oxygens (including phenoxy) is 2. The average Bonchev–Trinajstić information content (AvgIpc) is 3.06. The molecule has 36 heavy (non-hydrogen) atoms. The van der Waals surface area contributed by atoms with E-state index in [0.29, 0.717) is 27.9 Å². The van der Waals surface area contributed by atoms with E-state index < -0.39 is 22.6 Å². The molecule has 11 heteroatoms. The summed E-state index contributed by atoms with van der Waals surface area (Å²) in [4.78, 5) is 15.4. The van der Waals surface area contributed by atoms with Crippen LogP contribution < -0.4 is 19.9 Å². The van der Waals surface area contributed by atoms with Crippen LogP contribution in [-0.4, -0.2) is 26.7 Å². The number of hydrogen-bond acceptors (Lipinski definition) is 10. The molecule has 0 saturated carbocycles. The Kier molecular flexibility index (Phi) is 6.54. The molecule has 0 radical (unpaired) electrons. The number of anilines is 1. The van der Waals surface area contributed by atoms with Crippen LogP contribution >= 0.6 is 11.8 Å². The molecule has 5 rings (SSSR count). The maximum Gasteiger partial charge on any atom is 0.265 e. The predicted molar refractivity (Wildman–Crippen MR) is 132 cm³/mol. The summed E-state index contributed by atoms with van der Waals surface area (Å²) < 4.78 is 11.6. The number of hydrogen-bond donors (Lipinski definition) is 1. The Balaban J connectivity index is 1.54. The summed E-state index contributed by atoms with van der Waals surface area (Å²) in [5.74, 6) is -0.0442. The molecular formula is C25H20N5O5S-. The van der Waals surface area contributed by atoms with E-state index in [4.69, 9.17) is 9.47 Å². The maximum atomic E-state index is 12.5. The number of nitro benzene ring substituents is 1. The van der Waals surface area contributed by atoms with Gasteiger partial charge in [-0.25, -0.2) is 0 Å². The second-order valence-corrected chi connectivity index (χ2v) is 8.71. The van der Waals surface area contributed by atoms with Gasteiger partial charge in [0, 0.05) is 34.4 Å². The number of para-hydroxylation sites is 1. The second kappa shape index (κ2) is 10.1. The predicted octanol–water partition coefficient (Wildman–Crippen LogP) is 4.71. The Hall–Kier alpha value is -4.38. The van der Waals surface area contributed by atoms with Gasteiger partial charge in [-0.05, 0) is 24.6 Å². The minimum Gasteiger partial charge on any atom is -0.865 e. The van der Waals surface area contributed by atoms with Crippen LogP contribution in [0.1, 0.15) is 24.3 Å². The Bertz CT molecular complexity index is 1420. The zero-order chi connectivity index (χ0) is 25.1. The lowest BCUT2D eigenvalue weighted by Crippen LogP contribution is -2.18. The molecule has 0 aliphatic carbocycles. The highest BCUT2D eigenvalue weighted by Gasteiger charge is 2.28. The third-order valence-electron chi connectivity index (χ3n) is 5.40. The van der Waals surface area contributed by atoms with Crippen molar-refractivity contribution in [1.82, 2.24) is 15.2 Å². The molecule has 10 nitrogen and oxygen atoms in total. The van der Waals surface area contributed by atoms with Crippen molar-refractivity contribution in [3.05, 3.63) is 88.0 Å². The van der Waals surface area contributed by atoms with E-state index in [1.54, 1.807) is 6.92 Å². The van der Waals surface area contributed by atoms with Crippen molar-refractivity contribution in [2.45, 2.75) is 24.1 Å². The van der Waals surface area contributed by atoms with Crippen LogP contribution in [0.3, 0.4) is 0 Å². The van der Waals surface area contributed by atoms with E-state index in [1.165, 1.54) is 23.9 Å². The number of nitrogens with one attached hydrogen (secondary N) is 1. The van der Waals surface area contributed by atoms with Gasteiger partial charge in [-0.1, -0.05) is 60.3 Å². The summed E-state index contributed by atoms with van der Waals surface area (Å²) >= 11 is 1.41. The zero-order valence-corrected chi connectivity index (χ0v) is 19.9. The van der Waals surface area contributed by atoms with Crippen LogP contribution in [0.4, 0.5) is 11.4 Å². The van der Waals surface area contributed by atoms with Gasteiger partial charge in [-0.15, -0.1) is 10.2 Å². The van der Waals surface area contributed by atoms with Crippen molar-refractivity contribution < 1.29 is 19.5 Å². The molecule has 3 aromatic carbocycles. The molecule has 0 bridgehead atoms. The van der Waals surface area contributed by atoms with Crippen molar-refractivity contribution in [1.29, 1.82) is 0 Å². The summed E-state index contributed by atoms with van der Waals surface area (Å²) in [6, 6.07) is 19.9. The number of rotatable bonds is 7. The number of nitro groups is 1. The third-order valence-corrected chi connectivity index (χ3v) is 6.31. The fraction of sp³-hybridized carbons (Fsp3) is 0.160. The molecule has 0 amide bonds. The first kappa shape index (κ1) is 23.4. The molecule has 0 saturated heterocycles. The van der Waals surface area contributed by atoms with Crippen LogP contribution in [0.15, 0.2) is 71.9 Å². The largest absolute Gasteiger partial charge is 0.865 e. The van der Waals surface area contributed by atoms with Gasteiger partial charge in [-0.2, -0.15) is 4.98 Å². The number of thioether (sulfide) groups is 1. The lowest BCUT2D eigenvalue weighted by atomic mass is 10.1. The molecular weight excluding hydrogens is 482 g/mol. The SMILES string of the molecule is CCOc1cc([C@H]2Nc3ccccc3-c3nnc(SCc4ccccc4)nc3O2)cc([N+](=O)[O-])c1[O-]. The van der Waals surface area contributed by atoms with Gasteiger partial charge in [0.05, 0.1) is 11.5 Å². The third kappa shape index (κ3) is 4.73. The highest BCUT2D eigenvalue weighted by Crippen LogP contribution is 2.42. The Morgan fingerprint density at radius 3 is 2.67 bits per heavy atom. The van der Waals surface area contributed by atoms with E-state index in [9.17, 15) is 15.2 Å². The van der Waals surface area contributed by atoms with Crippen molar-refractivity contribution in [3.8, 4) is 28.6 Å². The van der Waals surface area contributed by atoms with Gasteiger partial charge >= 0.3 is 0 Å². The number of aromatic nitrogens is 3. The number of fused-ring (bicyclic) bond motifs is 3. The molecule has 0 spiro atoms. The second-order valence-electron chi connectivity index (χ2n) is 7.77. The van der Waals surface area contributed by atoms with Crippen LogP contribution in [-0.2, 0) is 5.75 Å². The summed E-state index contributed by atoms with van der Waals surface area (Å²) in [5.41, 5.74) is 2.68. The van der Waals surface area contributed by atoms with Gasteiger partial charge in [0.15, 0.2) is 11.9 Å². The molecule has 0 unspecified atom stereocenters. The number of nitrogens with zero attached hydrogens (tertiary/aromatic N) is 4. The van der Waals surface area contributed by atoms with Crippen molar-refractivity contribution >= 4 is 23.1 Å². The van der Waals surface area contributed by atoms with Gasteiger partial charge < -0.3 is 19.9 Å². The first-order valence-corrected chi connectivity index (χ1v) is 12.1. The van der Waals surface area contributed by atoms with Gasteiger partial charge in [0.25, 0.3) is 5.69 Å². The van der Waals surface area contributed by atoms with Gasteiger partial charge in [0.2, 0.25) is 11.0 Å². The Labute approximate surface area is 210 Å².